The zero-order chi connectivity index (χ0) is 37.5. The van der Waals surface area contributed by atoms with E-state index in [0.29, 0.717) is 33.0 Å². The Hall–Kier alpha value is -5.16. The number of hydrogen-bond acceptors (Lipinski definition) is 8. The van der Waals surface area contributed by atoms with Crippen LogP contribution in [0.2, 0.25) is 10.0 Å². The van der Waals surface area contributed by atoms with Crippen molar-refractivity contribution >= 4 is 74.6 Å². The first-order chi connectivity index (χ1) is 26.1. The number of hydrogen-bond donors (Lipinski definition) is 2. The van der Waals surface area contributed by atoms with Crippen molar-refractivity contribution in [3.05, 3.63) is 134 Å². The second-order valence-electron chi connectivity index (χ2n) is 14.3. The number of allylic oxidation sites excluding steroid dienone is 2. The number of halogens is 2. The molecule has 2 aliphatic heterocycles. The van der Waals surface area contributed by atoms with E-state index in [1.165, 1.54) is 22.3 Å². The molecule has 4 amide bonds. The summed E-state index contributed by atoms with van der Waals surface area (Å²) in [7, 11) is 1.55. The molecule has 2 saturated heterocycles. The molecule has 0 bridgehead atoms. The van der Waals surface area contributed by atoms with Crippen molar-refractivity contribution in [2.75, 3.05) is 12.5 Å². The van der Waals surface area contributed by atoms with Crippen molar-refractivity contribution in [3.63, 3.8) is 0 Å². The molecule has 3 fully saturated rings. The highest BCUT2D eigenvalue weighted by Gasteiger charge is 2.70. The third-order valence-electron chi connectivity index (χ3n) is 11.8. The molecule has 12 heteroatoms. The zero-order valence-electron chi connectivity index (χ0n) is 28.9. The molecular formula is C42H33Cl2N3O6S. The van der Waals surface area contributed by atoms with Gasteiger partial charge in [0.25, 0.3) is 11.8 Å². The van der Waals surface area contributed by atoms with Gasteiger partial charge in [0.2, 0.25) is 11.8 Å². The van der Waals surface area contributed by atoms with E-state index in [0.717, 1.165) is 20.8 Å². The van der Waals surface area contributed by atoms with Gasteiger partial charge in [-0.25, -0.2) is 0 Å². The molecule has 272 valence electrons. The number of anilines is 1. The molecule has 4 aromatic carbocycles. The molecule has 3 heterocycles. The van der Waals surface area contributed by atoms with E-state index < -0.39 is 46.8 Å². The van der Waals surface area contributed by atoms with Crippen molar-refractivity contribution in [1.29, 1.82) is 0 Å². The molecule has 2 N–H and O–H groups in total. The minimum atomic E-state index is -1.59. The molecule has 1 aromatic heterocycles. The molecule has 9 nitrogen and oxygen atoms in total. The van der Waals surface area contributed by atoms with E-state index in [9.17, 15) is 14.7 Å². The van der Waals surface area contributed by atoms with Gasteiger partial charge < -0.3 is 9.84 Å². The first kappa shape index (κ1) is 34.6. The predicted molar refractivity (Wildman–Crippen MR) is 206 cm³/mol. The highest BCUT2D eigenvalue weighted by Crippen LogP contribution is 2.65. The van der Waals surface area contributed by atoms with Gasteiger partial charge in [-0.15, -0.1) is 11.3 Å². The first-order valence-electron chi connectivity index (χ1n) is 17.7. The van der Waals surface area contributed by atoms with Crippen LogP contribution in [0.5, 0.6) is 11.5 Å². The molecule has 6 atom stereocenters. The summed E-state index contributed by atoms with van der Waals surface area (Å²) in [5.74, 6) is -4.88. The predicted octanol–water partition coefficient (Wildman–Crippen LogP) is 8.11. The summed E-state index contributed by atoms with van der Waals surface area (Å²) in [4.78, 5) is 61.2. The zero-order valence-corrected chi connectivity index (χ0v) is 31.2. The van der Waals surface area contributed by atoms with Crippen molar-refractivity contribution < 1.29 is 29.0 Å². The number of nitrogens with one attached hydrogen (secondary N) is 1. The summed E-state index contributed by atoms with van der Waals surface area (Å²) < 4.78 is 5.49. The SMILES string of the molecule is COc1ccc([C@@]23C(=O)N(Nc4ccc(Cl)cc4Cl)C(=O)[C@@H]2C[C@@H]2C(=CC[C@@H]4C(=O)N(Cc5cccs5)C(=O)[C@@H]42)[C@@H]3c2ccc3ccccc3c2O)cc1. The summed E-state index contributed by atoms with van der Waals surface area (Å²) in [6.07, 6.45) is 2.38. The lowest BCUT2D eigenvalue weighted by Crippen LogP contribution is -2.53. The summed E-state index contributed by atoms with van der Waals surface area (Å²) in [6.45, 7) is 0.176. The molecule has 2 aliphatic carbocycles. The van der Waals surface area contributed by atoms with Gasteiger partial charge in [-0.1, -0.05) is 89.4 Å². The Morgan fingerprint density at radius 1 is 0.907 bits per heavy atom. The van der Waals surface area contributed by atoms with Crippen LogP contribution in [0.4, 0.5) is 5.69 Å². The van der Waals surface area contributed by atoms with Gasteiger partial charge >= 0.3 is 0 Å². The fraction of sp³-hybridized carbons (Fsp3) is 0.238. The number of thiophene rings is 1. The van der Waals surface area contributed by atoms with Crippen LogP contribution in [0.25, 0.3) is 10.8 Å². The lowest BCUT2D eigenvalue weighted by molar-refractivity contribution is -0.141. The summed E-state index contributed by atoms with van der Waals surface area (Å²) in [6, 6.07) is 26.7. The number of benzene rings is 4. The van der Waals surface area contributed by atoms with E-state index >= 15 is 9.59 Å². The smallest absolute Gasteiger partial charge is 0.260 e. The van der Waals surface area contributed by atoms with Gasteiger partial charge in [-0.3, -0.25) is 29.5 Å². The van der Waals surface area contributed by atoms with E-state index in [2.05, 4.69) is 5.43 Å². The topological polar surface area (TPSA) is 116 Å². The number of amides is 4. The molecule has 4 aliphatic rings. The summed E-state index contributed by atoms with van der Waals surface area (Å²) >= 11 is 14.2. The number of phenols is 1. The molecule has 5 aromatic rings. The maximum absolute atomic E-state index is 15.5. The van der Waals surface area contributed by atoms with Crippen LogP contribution in [-0.2, 0) is 31.1 Å². The molecular weight excluding hydrogens is 745 g/mol. The van der Waals surface area contributed by atoms with Crippen LogP contribution in [0.1, 0.15) is 34.8 Å². The standard InChI is InChI=1S/C42H33Cl2N3O6S/c1-53-25-12-9-23(10-13-25)42-32(39(50)47(41(42)52)45-34-17-11-24(43)19-33(34)44)20-31-28(36(42)30-14-8-22-5-2-3-7-27(22)37(30)48)15-16-29-35(31)40(51)46(38(29)49)21-26-6-4-18-54-26/h2-15,17-19,29,31-32,35-36,45,48H,16,20-21H2,1H3/t29-,31+,32-,35-,36+,42+/m0/s1. The minimum absolute atomic E-state index is 0.0195. The Kier molecular flexibility index (Phi) is 8.33. The number of likely N-dealkylation sites (tertiary alicyclic amines) is 1. The van der Waals surface area contributed by atoms with Gasteiger partial charge in [0.1, 0.15) is 11.5 Å². The number of hydrazine groups is 1. The van der Waals surface area contributed by atoms with Gasteiger partial charge in [0, 0.05) is 26.8 Å². The summed E-state index contributed by atoms with van der Waals surface area (Å²) in [5.41, 5.74) is 3.46. The fourth-order valence-electron chi connectivity index (χ4n) is 9.47. The second kappa shape index (κ2) is 13.0. The van der Waals surface area contributed by atoms with Crippen LogP contribution < -0.4 is 10.2 Å². The Bertz CT molecular complexity index is 2420. The quantitative estimate of drug-likeness (QED) is 0.127. The van der Waals surface area contributed by atoms with Gasteiger partial charge in [0.05, 0.1) is 47.5 Å². The number of ether oxygens (including phenoxy) is 1. The van der Waals surface area contributed by atoms with Crippen LogP contribution >= 0.6 is 34.5 Å². The number of imide groups is 2. The van der Waals surface area contributed by atoms with Crippen molar-refractivity contribution in [2.24, 2.45) is 23.7 Å². The number of fused-ring (bicyclic) bond motifs is 5. The number of rotatable bonds is 7. The van der Waals surface area contributed by atoms with Gasteiger partial charge in [-0.05, 0) is 71.5 Å². The minimum Gasteiger partial charge on any atom is -0.507 e. The third-order valence-corrected chi connectivity index (χ3v) is 13.2. The Morgan fingerprint density at radius 3 is 2.44 bits per heavy atom. The van der Waals surface area contributed by atoms with Crippen LogP contribution in [0, 0.1) is 23.7 Å². The first-order valence-corrected chi connectivity index (χ1v) is 19.3. The highest BCUT2D eigenvalue weighted by atomic mass is 35.5. The lowest BCUT2D eigenvalue weighted by atomic mass is 9.49. The maximum Gasteiger partial charge on any atom is 0.260 e. The molecule has 0 radical (unpaired) electrons. The largest absolute Gasteiger partial charge is 0.507 e. The third kappa shape index (κ3) is 5.03. The average Bonchev–Trinajstić information content (AvgIpc) is 3.84. The summed E-state index contributed by atoms with van der Waals surface area (Å²) in [5, 5.41) is 17.1. The Balaban J connectivity index is 1.26. The van der Waals surface area contributed by atoms with Crippen molar-refractivity contribution in [3.8, 4) is 11.5 Å². The molecule has 0 unspecified atom stereocenters. The van der Waals surface area contributed by atoms with Crippen LogP contribution in [-0.4, -0.2) is 45.8 Å². The Morgan fingerprint density at radius 2 is 1.70 bits per heavy atom. The highest BCUT2D eigenvalue weighted by molar-refractivity contribution is 7.09. The average molecular weight is 779 g/mol. The van der Waals surface area contributed by atoms with Crippen LogP contribution in [0.3, 0.4) is 0 Å². The number of phenolic OH excluding ortho intramolecular Hbond substituents is 1. The van der Waals surface area contributed by atoms with Crippen molar-refractivity contribution in [1.82, 2.24) is 9.91 Å². The normalized spacial score (nSPS) is 26.1. The van der Waals surface area contributed by atoms with E-state index in [4.69, 9.17) is 27.9 Å². The van der Waals surface area contributed by atoms with E-state index in [-0.39, 0.29) is 42.0 Å². The fourth-order valence-corrected chi connectivity index (χ4v) is 10.6. The lowest BCUT2D eigenvalue weighted by Gasteiger charge is -2.50. The van der Waals surface area contributed by atoms with E-state index in [1.54, 1.807) is 43.5 Å². The number of carbonyl (C=O) groups excluding carboxylic acids is 4. The van der Waals surface area contributed by atoms with Gasteiger partial charge in [0.15, 0.2) is 0 Å². The van der Waals surface area contributed by atoms with Crippen molar-refractivity contribution in [2.45, 2.75) is 30.7 Å². The molecule has 54 heavy (non-hydrogen) atoms. The van der Waals surface area contributed by atoms with Crippen LogP contribution in [0.15, 0.2) is 108 Å². The number of aromatic hydroxyl groups is 1. The molecule has 0 spiro atoms. The van der Waals surface area contributed by atoms with Gasteiger partial charge in [-0.2, -0.15) is 5.01 Å². The molecule has 9 rings (SSSR count). The Labute approximate surface area is 324 Å². The number of methoxy groups -OCH3 is 1. The number of nitrogens with zero attached hydrogens (tertiary/aromatic N) is 2. The maximum atomic E-state index is 15.5. The number of carbonyl (C=O) groups is 4. The monoisotopic (exact) mass is 777 g/mol. The van der Waals surface area contributed by atoms with E-state index in [1.807, 2.05) is 60.0 Å². The second-order valence-corrected chi connectivity index (χ2v) is 16.2. The molecule has 1 saturated carbocycles.